The first-order chi connectivity index (χ1) is 8.99. The first-order valence-electron chi connectivity index (χ1n) is 5.99. The van der Waals surface area contributed by atoms with E-state index in [1.165, 1.54) is 11.0 Å². The lowest BCUT2D eigenvalue weighted by atomic mass is 9.97. The fraction of sp³-hybridized carbons (Fsp3) is 0.385. The summed E-state index contributed by atoms with van der Waals surface area (Å²) < 4.78 is 0.852. The van der Waals surface area contributed by atoms with Gasteiger partial charge in [-0.1, -0.05) is 0 Å². The van der Waals surface area contributed by atoms with Gasteiger partial charge in [-0.25, -0.2) is 0 Å². The van der Waals surface area contributed by atoms with Crippen LogP contribution in [0.15, 0.2) is 18.2 Å². The van der Waals surface area contributed by atoms with Crippen LogP contribution < -0.4 is 0 Å². The second-order valence-electron chi connectivity index (χ2n) is 4.59. The van der Waals surface area contributed by atoms with E-state index in [9.17, 15) is 14.7 Å². The Bertz CT molecular complexity index is 517. The molecule has 1 aliphatic rings. The van der Waals surface area contributed by atoms with Gasteiger partial charge in [0.1, 0.15) is 5.75 Å². The number of hydrogen-bond donors (Lipinski definition) is 2. The molecule has 1 amide bonds. The fourth-order valence-electron chi connectivity index (χ4n) is 2.21. The van der Waals surface area contributed by atoms with Crippen LogP contribution in [0.5, 0.6) is 5.75 Å². The van der Waals surface area contributed by atoms with E-state index in [1.807, 2.05) is 0 Å². The van der Waals surface area contributed by atoms with Crippen molar-refractivity contribution in [2.24, 2.45) is 5.92 Å². The molecule has 1 fully saturated rings. The van der Waals surface area contributed by atoms with Crippen molar-refractivity contribution >= 4 is 34.5 Å². The minimum atomic E-state index is -0.871. The van der Waals surface area contributed by atoms with Crippen LogP contribution in [0.25, 0.3) is 0 Å². The molecule has 1 atom stereocenters. The van der Waals surface area contributed by atoms with Gasteiger partial charge in [0.25, 0.3) is 5.91 Å². The highest BCUT2D eigenvalue weighted by Gasteiger charge is 2.29. The molecule has 1 aromatic rings. The number of amides is 1. The zero-order valence-electron chi connectivity index (χ0n) is 10.2. The molecular weight excluding hydrogens is 361 g/mol. The van der Waals surface area contributed by atoms with Gasteiger partial charge in [-0.3, -0.25) is 9.59 Å². The number of halogens is 1. The third kappa shape index (κ3) is 3.17. The Morgan fingerprint density at radius 3 is 2.79 bits per heavy atom. The van der Waals surface area contributed by atoms with Gasteiger partial charge in [0, 0.05) is 16.7 Å². The molecule has 2 rings (SSSR count). The van der Waals surface area contributed by atoms with Gasteiger partial charge in [-0.05, 0) is 53.6 Å². The average molecular weight is 375 g/mol. The molecule has 19 heavy (non-hydrogen) atoms. The van der Waals surface area contributed by atoms with Crippen molar-refractivity contribution in [3.05, 3.63) is 27.3 Å². The molecule has 1 saturated heterocycles. The van der Waals surface area contributed by atoms with Crippen LogP contribution in [-0.4, -0.2) is 40.1 Å². The lowest BCUT2D eigenvalue weighted by molar-refractivity contribution is -0.143. The second kappa shape index (κ2) is 5.77. The highest BCUT2D eigenvalue weighted by atomic mass is 127. The van der Waals surface area contributed by atoms with E-state index < -0.39 is 11.9 Å². The Morgan fingerprint density at radius 2 is 2.11 bits per heavy atom. The van der Waals surface area contributed by atoms with Crippen molar-refractivity contribution in [1.29, 1.82) is 0 Å². The first-order valence-corrected chi connectivity index (χ1v) is 7.07. The number of piperidine rings is 1. The van der Waals surface area contributed by atoms with Crippen LogP contribution in [-0.2, 0) is 4.79 Å². The lowest BCUT2D eigenvalue weighted by Crippen LogP contribution is -2.42. The molecular formula is C13H14INO4. The number of hydrogen-bond acceptors (Lipinski definition) is 3. The summed E-state index contributed by atoms with van der Waals surface area (Å²) in [6.07, 6.45) is 1.27. The molecule has 0 aliphatic carbocycles. The number of phenolic OH excluding ortho intramolecular Hbond substituents is 1. The number of phenols is 1. The first kappa shape index (κ1) is 14.1. The Balaban J connectivity index is 2.19. The van der Waals surface area contributed by atoms with Gasteiger partial charge >= 0.3 is 5.97 Å². The lowest BCUT2D eigenvalue weighted by Gasteiger charge is -2.30. The Morgan fingerprint density at radius 1 is 1.37 bits per heavy atom. The van der Waals surface area contributed by atoms with E-state index in [2.05, 4.69) is 22.6 Å². The summed E-state index contributed by atoms with van der Waals surface area (Å²) in [5.74, 6) is -1.75. The smallest absolute Gasteiger partial charge is 0.308 e. The molecule has 102 valence electrons. The summed E-state index contributed by atoms with van der Waals surface area (Å²) in [6.45, 7) is 0.743. The fourth-order valence-corrected chi connectivity index (χ4v) is 2.70. The number of aromatic hydroxyl groups is 1. The zero-order chi connectivity index (χ0) is 14.0. The molecule has 6 heteroatoms. The third-order valence-corrected chi connectivity index (χ3v) is 3.92. The molecule has 1 aromatic carbocycles. The van der Waals surface area contributed by atoms with Gasteiger partial charge in [0.2, 0.25) is 0 Å². The third-order valence-electron chi connectivity index (χ3n) is 3.25. The quantitative estimate of drug-likeness (QED) is 0.775. The number of nitrogens with zero attached hydrogens (tertiary/aromatic N) is 1. The molecule has 5 nitrogen and oxygen atoms in total. The molecule has 0 bridgehead atoms. The molecule has 1 heterocycles. The number of carboxylic acids is 1. The van der Waals surface area contributed by atoms with E-state index >= 15 is 0 Å². The van der Waals surface area contributed by atoms with Gasteiger partial charge in [0.15, 0.2) is 0 Å². The van der Waals surface area contributed by atoms with Crippen molar-refractivity contribution in [1.82, 2.24) is 4.90 Å². The number of carboxylic acid groups (broad SMARTS) is 1. The average Bonchev–Trinajstić information content (AvgIpc) is 2.41. The van der Waals surface area contributed by atoms with E-state index in [1.54, 1.807) is 12.1 Å². The van der Waals surface area contributed by atoms with Crippen LogP contribution in [0, 0.1) is 9.49 Å². The molecule has 0 aromatic heterocycles. The summed E-state index contributed by atoms with van der Waals surface area (Å²) >= 11 is 2.07. The number of aliphatic carboxylic acids is 1. The van der Waals surface area contributed by atoms with Crippen LogP contribution >= 0.6 is 22.6 Å². The maximum Gasteiger partial charge on any atom is 0.308 e. The molecule has 1 aliphatic heterocycles. The summed E-state index contributed by atoms with van der Waals surface area (Å²) in [6, 6.07) is 4.80. The Labute approximate surface area is 124 Å². The molecule has 0 radical (unpaired) electrons. The maximum absolute atomic E-state index is 12.3. The minimum absolute atomic E-state index is 0.0668. The number of rotatable bonds is 2. The van der Waals surface area contributed by atoms with E-state index in [-0.39, 0.29) is 23.8 Å². The van der Waals surface area contributed by atoms with E-state index in [0.29, 0.717) is 19.4 Å². The van der Waals surface area contributed by atoms with E-state index in [4.69, 9.17) is 5.11 Å². The number of carbonyl (C=O) groups excluding carboxylic acids is 1. The zero-order valence-corrected chi connectivity index (χ0v) is 12.3. The Kier molecular flexibility index (Phi) is 4.28. The van der Waals surface area contributed by atoms with Crippen molar-refractivity contribution in [2.75, 3.05) is 13.1 Å². The van der Waals surface area contributed by atoms with Gasteiger partial charge in [0.05, 0.1) is 11.5 Å². The highest BCUT2D eigenvalue weighted by molar-refractivity contribution is 14.1. The van der Waals surface area contributed by atoms with Crippen molar-refractivity contribution in [3.8, 4) is 5.75 Å². The molecule has 0 unspecified atom stereocenters. The van der Waals surface area contributed by atoms with Crippen molar-refractivity contribution in [2.45, 2.75) is 12.8 Å². The summed E-state index contributed by atoms with van der Waals surface area (Å²) in [7, 11) is 0. The second-order valence-corrected chi connectivity index (χ2v) is 5.84. The summed E-state index contributed by atoms with van der Waals surface area (Å²) in [5, 5.41) is 18.8. The Hall–Kier alpha value is -1.31. The van der Waals surface area contributed by atoms with Crippen LogP contribution in [0.1, 0.15) is 23.2 Å². The standard InChI is InChI=1S/C13H14INO4/c14-9-3-4-11(16)10(6-9)12(17)15-5-1-2-8(7-15)13(18)19/h3-4,6,8,16H,1-2,5,7H2,(H,18,19)/t8-/m1/s1. The number of likely N-dealkylation sites (tertiary alicyclic amines) is 1. The SMILES string of the molecule is O=C(O)[C@@H]1CCCN(C(=O)c2cc(I)ccc2O)C1. The predicted molar refractivity (Wildman–Crippen MR) is 77.1 cm³/mol. The largest absolute Gasteiger partial charge is 0.507 e. The van der Waals surface area contributed by atoms with Crippen molar-refractivity contribution in [3.63, 3.8) is 0 Å². The minimum Gasteiger partial charge on any atom is -0.507 e. The van der Waals surface area contributed by atoms with Crippen LogP contribution in [0.3, 0.4) is 0 Å². The normalized spacial score (nSPS) is 19.2. The summed E-state index contributed by atoms with van der Waals surface area (Å²) in [5.41, 5.74) is 0.234. The van der Waals surface area contributed by atoms with Gasteiger partial charge in [-0.15, -0.1) is 0 Å². The van der Waals surface area contributed by atoms with E-state index in [0.717, 1.165) is 3.57 Å². The van der Waals surface area contributed by atoms with Gasteiger partial charge in [-0.2, -0.15) is 0 Å². The summed E-state index contributed by atoms with van der Waals surface area (Å²) in [4.78, 5) is 24.8. The van der Waals surface area contributed by atoms with Crippen LogP contribution in [0.4, 0.5) is 0 Å². The molecule has 0 saturated carbocycles. The van der Waals surface area contributed by atoms with Crippen molar-refractivity contribution < 1.29 is 19.8 Å². The maximum atomic E-state index is 12.3. The topological polar surface area (TPSA) is 77.8 Å². The number of benzene rings is 1. The monoisotopic (exact) mass is 375 g/mol. The highest BCUT2D eigenvalue weighted by Crippen LogP contribution is 2.24. The number of carbonyl (C=O) groups is 2. The molecule has 0 spiro atoms. The van der Waals surface area contributed by atoms with Crippen LogP contribution in [0.2, 0.25) is 0 Å². The molecule has 2 N–H and O–H groups in total. The van der Waals surface area contributed by atoms with Gasteiger partial charge < -0.3 is 15.1 Å². The predicted octanol–water partition coefficient (Wildman–Crippen LogP) is 1.93.